The van der Waals surface area contributed by atoms with Crippen molar-refractivity contribution in [1.82, 2.24) is 14.9 Å². The standard InChI is InChI=1S/C12H21N3/c1-4-15-9-8-14-12(15)10-11(2)6-5-7-13-3/h6,8-9,13H,4-5,7,10H2,1-3H3. The van der Waals surface area contributed by atoms with E-state index >= 15 is 0 Å². The smallest absolute Gasteiger partial charge is 0.112 e. The van der Waals surface area contributed by atoms with Crippen LogP contribution in [0.25, 0.3) is 0 Å². The zero-order valence-corrected chi connectivity index (χ0v) is 9.95. The SMILES string of the molecule is CCn1ccnc1CC(C)=CCCNC. The lowest BCUT2D eigenvalue weighted by Crippen LogP contribution is -2.06. The van der Waals surface area contributed by atoms with Gasteiger partial charge in [0.05, 0.1) is 0 Å². The van der Waals surface area contributed by atoms with E-state index in [-0.39, 0.29) is 0 Å². The molecule has 0 amide bonds. The fourth-order valence-corrected chi connectivity index (χ4v) is 1.58. The molecule has 0 saturated heterocycles. The van der Waals surface area contributed by atoms with Gasteiger partial charge in [0.2, 0.25) is 0 Å². The van der Waals surface area contributed by atoms with Gasteiger partial charge < -0.3 is 9.88 Å². The summed E-state index contributed by atoms with van der Waals surface area (Å²) in [5.74, 6) is 1.16. The molecule has 1 heterocycles. The third-order valence-corrected chi connectivity index (χ3v) is 2.47. The Morgan fingerprint density at radius 2 is 2.40 bits per heavy atom. The largest absolute Gasteiger partial charge is 0.335 e. The molecule has 3 nitrogen and oxygen atoms in total. The van der Waals surface area contributed by atoms with Crippen LogP contribution in [-0.2, 0) is 13.0 Å². The second-order valence-electron chi connectivity index (χ2n) is 3.75. The first-order chi connectivity index (χ1) is 7.27. The molecule has 0 bridgehead atoms. The van der Waals surface area contributed by atoms with Crippen molar-refractivity contribution in [3.63, 3.8) is 0 Å². The molecule has 0 atom stereocenters. The first-order valence-corrected chi connectivity index (χ1v) is 5.58. The van der Waals surface area contributed by atoms with Crippen molar-refractivity contribution in [3.8, 4) is 0 Å². The van der Waals surface area contributed by atoms with E-state index < -0.39 is 0 Å². The molecule has 0 unspecified atom stereocenters. The summed E-state index contributed by atoms with van der Waals surface area (Å²) in [6.45, 7) is 6.36. The Bertz CT molecular complexity index is 312. The molecule has 0 aliphatic heterocycles. The highest BCUT2D eigenvalue weighted by Crippen LogP contribution is 2.06. The summed E-state index contributed by atoms with van der Waals surface area (Å²) in [7, 11) is 1.98. The van der Waals surface area contributed by atoms with E-state index in [0.29, 0.717) is 0 Å². The maximum atomic E-state index is 4.36. The van der Waals surface area contributed by atoms with E-state index in [0.717, 1.165) is 31.8 Å². The van der Waals surface area contributed by atoms with E-state index in [1.54, 1.807) is 0 Å². The van der Waals surface area contributed by atoms with Crippen molar-refractivity contribution in [1.29, 1.82) is 0 Å². The minimum atomic E-state index is 0.963. The Morgan fingerprint density at radius 1 is 1.60 bits per heavy atom. The number of nitrogens with one attached hydrogen (secondary N) is 1. The Morgan fingerprint density at radius 3 is 3.07 bits per heavy atom. The maximum absolute atomic E-state index is 4.36. The topological polar surface area (TPSA) is 29.9 Å². The molecule has 0 aromatic carbocycles. The number of aromatic nitrogens is 2. The molecule has 0 saturated carbocycles. The van der Waals surface area contributed by atoms with E-state index in [2.05, 4.69) is 34.8 Å². The van der Waals surface area contributed by atoms with Crippen LogP contribution < -0.4 is 5.32 Å². The summed E-state index contributed by atoms with van der Waals surface area (Å²) >= 11 is 0. The molecule has 0 aliphatic carbocycles. The summed E-state index contributed by atoms with van der Waals surface area (Å²) in [5.41, 5.74) is 1.39. The van der Waals surface area contributed by atoms with Gasteiger partial charge in [-0.25, -0.2) is 4.98 Å². The monoisotopic (exact) mass is 207 g/mol. The molecular weight excluding hydrogens is 186 g/mol. The Hall–Kier alpha value is -1.09. The van der Waals surface area contributed by atoms with Gasteiger partial charge in [0.1, 0.15) is 5.82 Å². The van der Waals surface area contributed by atoms with Gasteiger partial charge in [-0.05, 0) is 33.9 Å². The molecule has 1 N–H and O–H groups in total. The quantitative estimate of drug-likeness (QED) is 0.571. The van der Waals surface area contributed by atoms with Gasteiger partial charge >= 0.3 is 0 Å². The zero-order valence-electron chi connectivity index (χ0n) is 9.95. The highest BCUT2D eigenvalue weighted by Gasteiger charge is 2.01. The Labute approximate surface area is 92.2 Å². The average Bonchev–Trinajstić information content (AvgIpc) is 2.65. The predicted octanol–water partition coefficient (Wildman–Crippen LogP) is 2.00. The van der Waals surface area contributed by atoms with Crippen molar-refractivity contribution in [2.24, 2.45) is 0 Å². The van der Waals surface area contributed by atoms with Crippen LogP contribution in [-0.4, -0.2) is 23.1 Å². The Balaban J connectivity index is 2.50. The molecule has 0 spiro atoms. The van der Waals surface area contributed by atoms with Crippen LogP contribution >= 0.6 is 0 Å². The molecule has 15 heavy (non-hydrogen) atoms. The van der Waals surface area contributed by atoms with Gasteiger partial charge in [0.15, 0.2) is 0 Å². The van der Waals surface area contributed by atoms with Crippen LogP contribution in [0.5, 0.6) is 0 Å². The van der Waals surface area contributed by atoms with Crippen LogP contribution in [0.1, 0.15) is 26.1 Å². The molecule has 1 rings (SSSR count). The first kappa shape index (κ1) is 12.0. The van der Waals surface area contributed by atoms with Crippen LogP contribution in [0.15, 0.2) is 24.0 Å². The van der Waals surface area contributed by atoms with Gasteiger partial charge in [-0.1, -0.05) is 11.6 Å². The minimum absolute atomic E-state index is 0.963. The summed E-state index contributed by atoms with van der Waals surface area (Å²) in [5, 5.41) is 3.14. The van der Waals surface area contributed by atoms with E-state index in [1.807, 2.05) is 19.4 Å². The van der Waals surface area contributed by atoms with E-state index in [4.69, 9.17) is 0 Å². The lowest BCUT2D eigenvalue weighted by molar-refractivity contribution is 0.708. The van der Waals surface area contributed by atoms with Gasteiger partial charge in [0, 0.05) is 25.4 Å². The highest BCUT2D eigenvalue weighted by atomic mass is 15.0. The second kappa shape index (κ2) is 6.40. The number of imidazole rings is 1. The second-order valence-corrected chi connectivity index (χ2v) is 3.75. The highest BCUT2D eigenvalue weighted by molar-refractivity contribution is 5.08. The molecule has 3 heteroatoms. The lowest BCUT2D eigenvalue weighted by Gasteiger charge is -2.05. The summed E-state index contributed by atoms with van der Waals surface area (Å²) in [6.07, 6.45) is 8.25. The van der Waals surface area contributed by atoms with E-state index in [9.17, 15) is 0 Å². The molecular formula is C12H21N3. The van der Waals surface area contributed by atoms with Crippen LogP contribution in [0.2, 0.25) is 0 Å². The molecule has 1 aromatic rings. The molecule has 0 radical (unpaired) electrons. The minimum Gasteiger partial charge on any atom is -0.335 e. The number of hydrogen-bond donors (Lipinski definition) is 1. The summed E-state index contributed by atoms with van der Waals surface area (Å²) < 4.78 is 2.19. The number of hydrogen-bond acceptors (Lipinski definition) is 2. The molecule has 84 valence electrons. The van der Waals surface area contributed by atoms with Crippen molar-refractivity contribution in [2.75, 3.05) is 13.6 Å². The van der Waals surface area contributed by atoms with Gasteiger partial charge in [0.25, 0.3) is 0 Å². The molecule has 0 aliphatic rings. The lowest BCUT2D eigenvalue weighted by atomic mass is 10.1. The van der Waals surface area contributed by atoms with Crippen LogP contribution in [0.3, 0.4) is 0 Å². The van der Waals surface area contributed by atoms with Gasteiger partial charge in [-0.15, -0.1) is 0 Å². The zero-order chi connectivity index (χ0) is 11.1. The fraction of sp³-hybridized carbons (Fsp3) is 0.583. The predicted molar refractivity (Wildman–Crippen MR) is 63.9 cm³/mol. The number of allylic oxidation sites excluding steroid dienone is 1. The maximum Gasteiger partial charge on any atom is 0.112 e. The number of rotatable bonds is 6. The van der Waals surface area contributed by atoms with Crippen molar-refractivity contribution >= 4 is 0 Å². The van der Waals surface area contributed by atoms with Crippen molar-refractivity contribution in [3.05, 3.63) is 29.9 Å². The number of aryl methyl sites for hydroxylation is 1. The third kappa shape index (κ3) is 3.88. The molecule has 0 fully saturated rings. The third-order valence-electron chi connectivity index (χ3n) is 2.47. The number of nitrogens with zero attached hydrogens (tertiary/aromatic N) is 2. The van der Waals surface area contributed by atoms with Crippen molar-refractivity contribution < 1.29 is 0 Å². The van der Waals surface area contributed by atoms with E-state index in [1.165, 1.54) is 5.57 Å². The fourth-order valence-electron chi connectivity index (χ4n) is 1.58. The van der Waals surface area contributed by atoms with Crippen LogP contribution in [0.4, 0.5) is 0 Å². The summed E-state index contributed by atoms with van der Waals surface area (Å²) in [4.78, 5) is 4.36. The van der Waals surface area contributed by atoms with Crippen molar-refractivity contribution in [2.45, 2.75) is 33.2 Å². The normalized spacial score (nSPS) is 12.1. The Kier molecular flexibility index (Phi) is 5.12. The van der Waals surface area contributed by atoms with Crippen LogP contribution in [0, 0.1) is 0 Å². The molecule has 1 aromatic heterocycles. The summed E-state index contributed by atoms with van der Waals surface area (Å²) in [6, 6.07) is 0. The van der Waals surface area contributed by atoms with Gasteiger partial charge in [-0.2, -0.15) is 0 Å². The average molecular weight is 207 g/mol. The van der Waals surface area contributed by atoms with Gasteiger partial charge in [-0.3, -0.25) is 0 Å². The first-order valence-electron chi connectivity index (χ1n) is 5.58.